The lowest BCUT2D eigenvalue weighted by atomic mass is 10.2. The van der Waals surface area contributed by atoms with E-state index in [9.17, 15) is 4.39 Å². The van der Waals surface area contributed by atoms with Crippen LogP contribution >= 0.6 is 11.6 Å². The first kappa shape index (κ1) is 12.4. The van der Waals surface area contributed by atoms with Gasteiger partial charge in [-0.3, -0.25) is 4.90 Å². The van der Waals surface area contributed by atoms with Gasteiger partial charge in [0.15, 0.2) is 0 Å². The molecule has 0 saturated heterocycles. The van der Waals surface area contributed by atoms with Crippen molar-refractivity contribution in [3.63, 3.8) is 0 Å². The Kier molecular flexibility index (Phi) is 4.51. The summed E-state index contributed by atoms with van der Waals surface area (Å²) in [6.07, 6.45) is 0. The number of likely N-dealkylation sites (N-methyl/N-ethyl adjacent to an activating group) is 1. The zero-order valence-corrected chi connectivity index (χ0v) is 9.63. The number of hydrogen-bond donors (Lipinski definition) is 1. The maximum Gasteiger partial charge on any atom is 0.127 e. The summed E-state index contributed by atoms with van der Waals surface area (Å²) in [5.74, 6) is -0.267. The van der Waals surface area contributed by atoms with Gasteiger partial charge >= 0.3 is 0 Å². The molecule has 4 heteroatoms. The molecule has 0 spiro atoms. The first-order valence-electron chi connectivity index (χ1n) is 4.79. The number of aliphatic hydroxyl groups excluding tert-OH is 1. The van der Waals surface area contributed by atoms with Crippen molar-refractivity contribution in [3.8, 4) is 0 Å². The van der Waals surface area contributed by atoms with E-state index >= 15 is 0 Å². The molecule has 1 aromatic carbocycles. The van der Waals surface area contributed by atoms with Crippen molar-refractivity contribution in [3.05, 3.63) is 34.6 Å². The Morgan fingerprint density at radius 1 is 1.53 bits per heavy atom. The molecule has 2 nitrogen and oxygen atoms in total. The summed E-state index contributed by atoms with van der Waals surface area (Å²) in [7, 11) is 1.83. The summed E-state index contributed by atoms with van der Waals surface area (Å²) in [6.45, 7) is 2.37. The molecule has 0 aliphatic heterocycles. The van der Waals surface area contributed by atoms with Crippen molar-refractivity contribution in [2.45, 2.75) is 19.5 Å². The fourth-order valence-corrected chi connectivity index (χ4v) is 1.42. The second kappa shape index (κ2) is 5.45. The Labute approximate surface area is 94.3 Å². The predicted molar refractivity (Wildman–Crippen MR) is 59.4 cm³/mol. The smallest absolute Gasteiger partial charge is 0.127 e. The summed E-state index contributed by atoms with van der Waals surface area (Å²) >= 11 is 5.78. The molecule has 0 aliphatic carbocycles. The third-order valence-corrected chi connectivity index (χ3v) is 2.68. The molecular formula is C11H15ClFNO. The maximum atomic E-state index is 13.3. The van der Waals surface area contributed by atoms with Gasteiger partial charge in [0.1, 0.15) is 5.82 Å². The van der Waals surface area contributed by atoms with Crippen LogP contribution in [0.15, 0.2) is 18.2 Å². The summed E-state index contributed by atoms with van der Waals surface area (Å²) in [4.78, 5) is 1.87. The molecule has 84 valence electrons. The van der Waals surface area contributed by atoms with Gasteiger partial charge in [-0.1, -0.05) is 11.6 Å². The molecule has 0 saturated carbocycles. The van der Waals surface area contributed by atoms with Gasteiger partial charge in [-0.15, -0.1) is 0 Å². The fraction of sp³-hybridized carbons (Fsp3) is 0.455. The maximum absolute atomic E-state index is 13.3. The zero-order valence-electron chi connectivity index (χ0n) is 8.87. The number of hydrogen-bond acceptors (Lipinski definition) is 2. The van der Waals surface area contributed by atoms with E-state index in [0.29, 0.717) is 17.1 Å². The van der Waals surface area contributed by atoms with Crippen LogP contribution in [-0.2, 0) is 6.54 Å². The molecule has 0 radical (unpaired) electrons. The van der Waals surface area contributed by atoms with Crippen molar-refractivity contribution in [1.29, 1.82) is 0 Å². The van der Waals surface area contributed by atoms with Gasteiger partial charge in [0.05, 0.1) is 6.61 Å². The SMILES string of the molecule is CC(CO)N(C)Cc1cc(Cl)ccc1F. The summed E-state index contributed by atoms with van der Waals surface area (Å²) < 4.78 is 13.3. The largest absolute Gasteiger partial charge is 0.395 e. The molecule has 0 amide bonds. The highest BCUT2D eigenvalue weighted by Gasteiger charge is 2.11. The van der Waals surface area contributed by atoms with Gasteiger partial charge in [-0.25, -0.2) is 4.39 Å². The number of halogens is 2. The van der Waals surface area contributed by atoms with Crippen molar-refractivity contribution in [1.82, 2.24) is 4.90 Å². The fourth-order valence-electron chi connectivity index (χ4n) is 1.23. The van der Waals surface area contributed by atoms with Crippen LogP contribution in [0.1, 0.15) is 12.5 Å². The second-order valence-electron chi connectivity index (χ2n) is 3.68. The molecule has 1 rings (SSSR count). The van der Waals surface area contributed by atoms with Crippen LogP contribution in [0.25, 0.3) is 0 Å². The molecule has 1 unspecified atom stereocenters. The van der Waals surface area contributed by atoms with E-state index in [2.05, 4.69) is 0 Å². The molecule has 15 heavy (non-hydrogen) atoms. The monoisotopic (exact) mass is 231 g/mol. The summed E-state index contributed by atoms with van der Waals surface area (Å²) in [6, 6.07) is 4.49. The van der Waals surface area contributed by atoms with E-state index in [1.807, 2.05) is 18.9 Å². The Morgan fingerprint density at radius 3 is 2.80 bits per heavy atom. The number of rotatable bonds is 4. The van der Waals surface area contributed by atoms with Gasteiger partial charge in [-0.2, -0.15) is 0 Å². The molecule has 0 bridgehead atoms. The van der Waals surface area contributed by atoms with Crippen LogP contribution in [0, 0.1) is 5.82 Å². The predicted octanol–water partition coefficient (Wildman–Crippen LogP) is 2.29. The number of benzene rings is 1. The lowest BCUT2D eigenvalue weighted by Gasteiger charge is -2.23. The average molecular weight is 232 g/mol. The molecule has 1 atom stereocenters. The molecule has 0 fully saturated rings. The minimum absolute atomic E-state index is 0.00313. The molecule has 1 N–H and O–H groups in total. The molecular weight excluding hydrogens is 217 g/mol. The highest BCUT2D eigenvalue weighted by molar-refractivity contribution is 6.30. The average Bonchev–Trinajstić information content (AvgIpc) is 2.22. The van der Waals surface area contributed by atoms with Gasteiger partial charge in [-0.05, 0) is 32.2 Å². The molecule has 0 aliphatic rings. The van der Waals surface area contributed by atoms with Gasteiger partial charge < -0.3 is 5.11 Å². The van der Waals surface area contributed by atoms with E-state index < -0.39 is 0 Å². The third kappa shape index (κ3) is 3.45. The third-order valence-electron chi connectivity index (χ3n) is 2.44. The van der Waals surface area contributed by atoms with Gasteiger partial charge in [0.2, 0.25) is 0 Å². The standard InChI is InChI=1S/C11H15ClFNO/c1-8(7-15)14(2)6-9-5-10(12)3-4-11(9)13/h3-5,8,15H,6-7H2,1-2H3. The molecule has 1 aromatic rings. The number of nitrogens with zero attached hydrogens (tertiary/aromatic N) is 1. The van der Waals surface area contributed by atoms with Gasteiger partial charge in [0.25, 0.3) is 0 Å². The number of aliphatic hydroxyl groups is 1. The Bertz CT molecular complexity index is 332. The second-order valence-corrected chi connectivity index (χ2v) is 4.12. The van der Waals surface area contributed by atoms with Crippen molar-refractivity contribution in [2.24, 2.45) is 0 Å². The molecule has 0 heterocycles. The van der Waals surface area contributed by atoms with E-state index in [1.54, 1.807) is 6.07 Å². The summed E-state index contributed by atoms with van der Waals surface area (Å²) in [5, 5.41) is 9.47. The summed E-state index contributed by atoms with van der Waals surface area (Å²) in [5.41, 5.74) is 0.547. The van der Waals surface area contributed by atoms with Crippen LogP contribution in [-0.4, -0.2) is 29.7 Å². The van der Waals surface area contributed by atoms with Crippen molar-refractivity contribution in [2.75, 3.05) is 13.7 Å². The van der Waals surface area contributed by atoms with Crippen LogP contribution in [0.5, 0.6) is 0 Å². The lowest BCUT2D eigenvalue weighted by molar-refractivity contribution is 0.153. The highest BCUT2D eigenvalue weighted by atomic mass is 35.5. The van der Waals surface area contributed by atoms with Crippen LogP contribution in [0.2, 0.25) is 5.02 Å². The quantitative estimate of drug-likeness (QED) is 0.860. The van der Waals surface area contributed by atoms with Crippen molar-refractivity contribution < 1.29 is 9.50 Å². The zero-order chi connectivity index (χ0) is 11.4. The first-order chi connectivity index (χ1) is 7.04. The lowest BCUT2D eigenvalue weighted by Crippen LogP contribution is -2.31. The minimum atomic E-state index is -0.267. The first-order valence-corrected chi connectivity index (χ1v) is 5.17. The topological polar surface area (TPSA) is 23.5 Å². The van der Waals surface area contributed by atoms with Crippen molar-refractivity contribution >= 4 is 11.6 Å². The Balaban J connectivity index is 2.75. The Morgan fingerprint density at radius 2 is 2.20 bits per heavy atom. The normalized spacial score (nSPS) is 13.2. The van der Waals surface area contributed by atoms with E-state index in [0.717, 1.165) is 0 Å². The van der Waals surface area contributed by atoms with Crippen LogP contribution in [0.4, 0.5) is 4.39 Å². The van der Waals surface area contributed by atoms with Crippen LogP contribution in [0.3, 0.4) is 0 Å². The van der Waals surface area contributed by atoms with E-state index in [1.165, 1.54) is 12.1 Å². The minimum Gasteiger partial charge on any atom is -0.395 e. The Hall–Kier alpha value is -0.640. The van der Waals surface area contributed by atoms with Gasteiger partial charge in [0, 0.05) is 23.2 Å². The van der Waals surface area contributed by atoms with E-state index in [4.69, 9.17) is 16.7 Å². The molecule has 0 aromatic heterocycles. The van der Waals surface area contributed by atoms with E-state index in [-0.39, 0.29) is 18.5 Å². The highest BCUT2D eigenvalue weighted by Crippen LogP contribution is 2.16. The van der Waals surface area contributed by atoms with Crippen LogP contribution < -0.4 is 0 Å².